The Morgan fingerprint density at radius 1 is 1.41 bits per heavy atom. The summed E-state index contributed by atoms with van der Waals surface area (Å²) in [4.78, 5) is 2.54. The van der Waals surface area contributed by atoms with Crippen molar-refractivity contribution in [1.29, 1.82) is 0 Å². The van der Waals surface area contributed by atoms with E-state index in [1.165, 1.54) is 37.1 Å². The molecule has 1 saturated heterocycles. The zero-order chi connectivity index (χ0) is 11.8. The van der Waals surface area contributed by atoms with Gasteiger partial charge in [0.1, 0.15) is 0 Å². The maximum absolute atomic E-state index is 6.41. The average Bonchev–Trinajstić information content (AvgIpc) is 2.91. The molecule has 0 radical (unpaired) electrons. The highest BCUT2D eigenvalue weighted by molar-refractivity contribution is 6.33. The molecule has 2 bridgehead atoms. The number of rotatable bonds is 3. The van der Waals surface area contributed by atoms with Crippen LogP contribution < -0.4 is 10.2 Å². The molecule has 1 aromatic carbocycles. The van der Waals surface area contributed by atoms with E-state index in [1.54, 1.807) is 0 Å². The summed E-state index contributed by atoms with van der Waals surface area (Å²) in [6.45, 7) is 2.09. The third kappa shape index (κ3) is 1.94. The quantitative estimate of drug-likeness (QED) is 0.887. The number of benzene rings is 1. The highest BCUT2D eigenvalue weighted by atomic mass is 35.5. The normalized spacial score (nSPS) is 26.8. The van der Waals surface area contributed by atoms with Gasteiger partial charge >= 0.3 is 0 Å². The smallest absolute Gasteiger partial charge is 0.0643 e. The molecule has 3 rings (SSSR count). The number of anilines is 1. The van der Waals surface area contributed by atoms with Crippen LogP contribution in [-0.2, 0) is 6.54 Å². The van der Waals surface area contributed by atoms with Crippen LogP contribution >= 0.6 is 11.6 Å². The third-order valence-electron chi connectivity index (χ3n) is 4.13. The summed E-state index contributed by atoms with van der Waals surface area (Å²) in [5, 5.41) is 4.14. The summed E-state index contributed by atoms with van der Waals surface area (Å²) in [5.41, 5.74) is 2.60. The first kappa shape index (κ1) is 11.4. The number of piperidine rings is 1. The molecule has 2 unspecified atom stereocenters. The summed E-state index contributed by atoms with van der Waals surface area (Å²) < 4.78 is 0. The van der Waals surface area contributed by atoms with E-state index in [1.807, 2.05) is 19.2 Å². The summed E-state index contributed by atoms with van der Waals surface area (Å²) in [6, 6.07) is 6.98. The van der Waals surface area contributed by atoms with Crippen molar-refractivity contribution < 1.29 is 0 Å². The van der Waals surface area contributed by atoms with Gasteiger partial charge in [-0.2, -0.15) is 0 Å². The molecule has 2 fully saturated rings. The van der Waals surface area contributed by atoms with Crippen LogP contribution in [0.2, 0.25) is 5.02 Å². The van der Waals surface area contributed by atoms with Crippen LogP contribution in [0.3, 0.4) is 0 Å². The van der Waals surface area contributed by atoms with Crippen molar-refractivity contribution in [1.82, 2.24) is 5.32 Å². The predicted octanol–water partition coefficient (Wildman–Crippen LogP) is 3.05. The zero-order valence-corrected chi connectivity index (χ0v) is 11.0. The number of para-hydroxylation sites is 1. The van der Waals surface area contributed by atoms with E-state index in [4.69, 9.17) is 11.6 Å². The average molecular weight is 251 g/mol. The fourth-order valence-corrected chi connectivity index (χ4v) is 3.72. The monoisotopic (exact) mass is 250 g/mol. The van der Waals surface area contributed by atoms with Gasteiger partial charge in [0.25, 0.3) is 0 Å². The highest BCUT2D eigenvalue weighted by Gasteiger charge is 2.39. The van der Waals surface area contributed by atoms with Crippen molar-refractivity contribution >= 4 is 17.3 Å². The first-order valence-corrected chi connectivity index (χ1v) is 6.86. The van der Waals surface area contributed by atoms with Crippen LogP contribution in [0.5, 0.6) is 0 Å². The first-order valence-electron chi connectivity index (χ1n) is 6.48. The molecule has 3 heteroatoms. The second-order valence-electron chi connectivity index (χ2n) is 5.26. The SMILES string of the molecule is CNCc1cccc(Cl)c1N1CC2CCC1C2. The van der Waals surface area contributed by atoms with E-state index in [9.17, 15) is 0 Å². The van der Waals surface area contributed by atoms with Crippen LogP contribution in [0, 0.1) is 5.92 Å². The molecule has 2 aliphatic rings. The van der Waals surface area contributed by atoms with Crippen molar-refractivity contribution in [3.63, 3.8) is 0 Å². The van der Waals surface area contributed by atoms with E-state index in [0.29, 0.717) is 0 Å². The maximum atomic E-state index is 6.41. The van der Waals surface area contributed by atoms with E-state index >= 15 is 0 Å². The summed E-state index contributed by atoms with van der Waals surface area (Å²) in [5.74, 6) is 0.902. The second-order valence-corrected chi connectivity index (χ2v) is 5.67. The number of hydrogen-bond donors (Lipinski definition) is 1. The minimum atomic E-state index is 0.732. The Balaban J connectivity index is 1.96. The van der Waals surface area contributed by atoms with Gasteiger partial charge in [0.05, 0.1) is 10.7 Å². The highest BCUT2D eigenvalue weighted by Crippen LogP contribution is 2.43. The third-order valence-corrected chi connectivity index (χ3v) is 4.44. The number of nitrogens with zero attached hydrogens (tertiary/aromatic N) is 1. The molecule has 1 saturated carbocycles. The Morgan fingerprint density at radius 2 is 2.29 bits per heavy atom. The van der Waals surface area contributed by atoms with Crippen molar-refractivity contribution in [2.45, 2.75) is 31.8 Å². The largest absolute Gasteiger partial charge is 0.367 e. The Bertz CT molecular complexity index is 419. The van der Waals surface area contributed by atoms with Crippen molar-refractivity contribution in [2.75, 3.05) is 18.5 Å². The second kappa shape index (κ2) is 4.51. The fourth-order valence-electron chi connectivity index (χ4n) is 3.41. The van der Waals surface area contributed by atoms with Gasteiger partial charge in [0.2, 0.25) is 0 Å². The molecule has 2 nitrogen and oxygen atoms in total. The molecule has 17 heavy (non-hydrogen) atoms. The molecular formula is C14H19ClN2. The fraction of sp³-hybridized carbons (Fsp3) is 0.571. The molecule has 1 aromatic rings. The van der Waals surface area contributed by atoms with E-state index in [0.717, 1.165) is 23.5 Å². The van der Waals surface area contributed by atoms with Crippen molar-refractivity contribution in [2.24, 2.45) is 5.92 Å². The van der Waals surface area contributed by atoms with Gasteiger partial charge in [-0.15, -0.1) is 0 Å². The molecule has 0 spiro atoms. The Kier molecular flexibility index (Phi) is 3.01. The summed E-state index contributed by atoms with van der Waals surface area (Å²) >= 11 is 6.41. The van der Waals surface area contributed by atoms with Crippen LogP contribution in [0.4, 0.5) is 5.69 Å². The molecule has 0 aromatic heterocycles. The van der Waals surface area contributed by atoms with Gasteiger partial charge in [-0.25, -0.2) is 0 Å². The topological polar surface area (TPSA) is 15.3 Å². The van der Waals surface area contributed by atoms with Gasteiger partial charge < -0.3 is 10.2 Å². The lowest BCUT2D eigenvalue weighted by Crippen LogP contribution is -2.33. The van der Waals surface area contributed by atoms with Crippen LogP contribution in [-0.4, -0.2) is 19.6 Å². The van der Waals surface area contributed by atoms with Gasteiger partial charge in [-0.05, 0) is 43.9 Å². The van der Waals surface area contributed by atoms with Gasteiger partial charge in [0, 0.05) is 19.1 Å². The van der Waals surface area contributed by atoms with Crippen molar-refractivity contribution in [3.05, 3.63) is 28.8 Å². The predicted molar refractivity (Wildman–Crippen MR) is 72.7 cm³/mol. The van der Waals surface area contributed by atoms with E-state index in [-0.39, 0.29) is 0 Å². The first-order chi connectivity index (χ1) is 8.29. The molecular weight excluding hydrogens is 232 g/mol. The van der Waals surface area contributed by atoms with Gasteiger partial charge in [-0.1, -0.05) is 23.7 Å². The molecule has 1 aliphatic heterocycles. The summed E-state index contributed by atoms with van der Waals surface area (Å²) in [6.07, 6.45) is 4.12. The number of nitrogens with one attached hydrogen (secondary N) is 1. The molecule has 2 atom stereocenters. The number of fused-ring (bicyclic) bond motifs is 2. The molecule has 1 heterocycles. The molecule has 1 aliphatic carbocycles. The maximum Gasteiger partial charge on any atom is 0.0643 e. The van der Waals surface area contributed by atoms with E-state index < -0.39 is 0 Å². The van der Waals surface area contributed by atoms with Gasteiger partial charge in [0.15, 0.2) is 0 Å². The minimum Gasteiger partial charge on any atom is -0.367 e. The Labute approximate surface area is 108 Å². The lowest BCUT2D eigenvalue weighted by Gasteiger charge is -2.31. The summed E-state index contributed by atoms with van der Waals surface area (Å²) in [7, 11) is 1.99. The van der Waals surface area contributed by atoms with Crippen LogP contribution in [0.1, 0.15) is 24.8 Å². The zero-order valence-electron chi connectivity index (χ0n) is 10.2. The number of halogens is 1. The molecule has 1 N–H and O–H groups in total. The van der Waals surface area contributed by atoms with Gasteiger partial charge in [-0.3, -0.25) is 0 Å². The van der Waals surface area contributed by atoms with E-state index in [2.05, 4.69) is 16.3 Å². The standard InChI is InChI=1S/C14H19ClN2/c1-16-8-11-3-2-4-13(15)14(11)17-9-10-5-6-12(17)7-10/h2-4,10,12,16H,5-9H2,1H3. The minimum absolute atomic E-state index is 0.732. The van der Waals surface area contributed by atoms with Crippen LogP contribution in [0.15, 0.2) is 18.2 Å². The Morgan fingerprint density at radius 3 is 2.94 bits per heavy atom. The Hall–Kier alpha value is -0.730. The van der Waals surface area contributed by atoms with Crippen molar-refractivity contribution in [3.8, 4) is 0 Å². The van der Waals surface area contributed by atoms with Crippen LogP contribution in [0.25, 0.3) is 0 Å². The molecule has 92 valence electrons. The molecule has 0 amide bonds. The number of hydrogen-bond acceptors (Lipinski definition) is 2. The lowest BCUT2D eigenvalue weighted by atomic mass is 10.1. The lowest BCUT2D eigenvalue weighted by molar-refractivity contribution is 0.552.